The second kappa shape index (κ2) is 9.15. The van der Waals surface area contributed by atoms with Crippen molar-refractivity contribution in [3.63, 3.8) is 0 Å². The van der Waals surface area contributed by atoms with Crippen molar-refractivity contribution < 1.29 is 17.9 Å². The van der Waals surface area contributed by atoms with Crippen LogP contribution in [-0.4, -0.2) is 20.6 Å². The van der Waals surface area contributed by atoms with Crippen LogP contribution in [0, 0.1) is 0 Å². The maximum Gasteiger partial charge on any atom is 0.206 e. The van der Waals surface area contributed by atoms with Gasteiger partial charge in [-0.25, -0.2) is 8.42 Å². The van der Waals surface area contributed by atoms with Gasteiger partial charge in [-0.2, -0.15) is 0 Å². The van der Waals surface area contributed by atoms with E-state index in [1.165, 1.54) is 24.3 Å². The molecule has 0 aromatic heterocycles. The molecule has 27 heavy (non-hydrogen) atoms. The second-order valence-corrected chi connectivity index (χ2v) is 11.6. The van der Waals surface area contributed by atoms with Crippen molar-refractivity contribution in [2.75, 3.05) is 0 Å². The third-order valence-electron chi connectivity index (χ3n) is 3.27. The summed E-state index contributed by atoms with van der Waals surface area (Å²) in [6.45, 7) is 7.61. The fourth-order valence-electron chi connectivity index (χ4n) is 2.22. The lowest BCUT2D eigenvalue weighted by atomic mass is 10.3. The number of rotatable bonds is 6. The van der Waals surface area contributed by atoms with Gasteiger partial charge in [0.1, 0.15) is 11.5 Å². The third kappa shape index (κ3) is 5.50. The third-order valence-corrected chi connectivity index (χ3v) is 7.34. The molecule has 0 unspecified atom stereocenters. The molecule has 0 saturated carbocycles. The molecular formula is C18H18Br4O4S. The monoisotopic (exact) mass is 646 g/mol. The largest absolute Gasteiger partial charge is 0.489 e. The number of halogens is 4. The smallest absolute Gasteiger partial charge is 0.206 e. The summed E-state index contributed by atoms with van der Waals surface area (Å²) in [5, 5.41) is 0. The minimum absolute atomic E-state index is 0.0412. The Morgan fingerprint density at radius 1 is 0.667 bits per heavy atom. The lowest BCUT2D eigenvalue weighted by molar-refractivity contribution is 0.239. The van der Waals surface area contributed by atoms with Crippen molar-refractivity contribution in [3.05, 3.63) is 42.2 Å². The van der Waals surface area contributed by atoms with Gasteiger partial charge >= 0.3 is 0 Å². The van der Waals surface area contributed by atoms with E-state index in [1.807, 2.05) is 27.7 Å². The van der Waals surface area contributed by atoms with Crippen LogP contribution in [0.1, 0.15) is 27.7 Å². The molecule has 0 spiro atoms. The molecular weight excluding hydrogens is 632 g/mol. The summed E-state index contributed by atoms with van der Waals surface area (Å²) < 4.78 is 40.0. The lowest BCUT2D eigenvalue weighted by Crippen LogP contribution is -2.09. The van der Waals surface area contributed by atoms with E-state index in [4.69, 9.17) is 9.47 Å². The zero-order valence-corrected chi connectivity index (χ0v) is 22.2. The van der Waals surface area contributed by atoms with Crippen molar-refractivity contribution >= 4 is 73.6 Å². The second-order valence-electron chi connectivity index (χ2n) is 6.27. The molecule has 148 valence electrons. The molecule has 0 radical (unpaired) electrons. The first-order chi connectivity index (χ1) is 12.4. The molecule has 0 fully saturated rings. The van der Waals surface area contributed by atoms with E-state index in [0.717, 1.165) is 0 Å². The highest BCUT2D eigenvalue weighted by Crippen LogP contribution is 2.41. The average Bonchev–Trinajstić information content (AvgIpc) is 2.53. The molecule has 0 heterocycles. The fourth-order valence-corrected chi connectivity index (χ4v) is 6.93. The molecule has 0 atom stereocenters. The maximum atomic E-state index is 13.1. The van der Waals surface area contributed by atoms with Gasteiger partial charge in [-0.3, -0.25) is 0 Å². The Labute approximate surface area is 193 Å². The van der Waals surface area contributed by atoms with Crippen LogP contribution in [0.15, 0.2) is 51.9 Å². The molecule has 0 bridgehead atoms. The maximum absolute atomic E-state index is 13.1. The van der Waals surface area contributed by atoms with Gasteiger partial charge in [-0.05, 0) is 116 Å². The quantitative estimate of drug-likeness (QED) is 0.334. The van der Waals surface area contributed by atoms with Crippen LogP contribution >= 0.6 is 63.7 Å². The molecule has 4 nitrogen and oxygen atoms in total. The summed E-state index contributed by atoms with van der Waals surface area (Å²) in [5.74, 6) is 1.12. The standard InChI is InChI=1S/C18H18Br4O4S/c1-9(2)25-17-13(19)5-11(6-14(17)20)27(23,24)12-7-15(21)18(16(22)8-12)26-10(3)4/h5-10H,1-4H3. The Morgan fingerprint density at radius 3 is 1.15 bits per heavy atom. The normalized spacial score (nSPS) is 11.9. The van der Waals surface area contributed by atoms with E-state index in [-0.39, 0.29) is 22.0 Å². The highest BCUT2D eigenvalue weighted by Gasteiger charge is 2.24. The van der Waals surface area contributed by atoms with Crippen LogP contribution in [0.2, 0.25) is 0 Å². The summed E-state index contributed by atoms with van der Waals surface area (Å²) in [7, 11) is -3.75. The summed E-state index contributed by atoms with van der Waals surface area (Å²) in [4.78, 5) is 0.294. The molecule has 9 heteroatoms. The van der Waals surface area contributed by atoms with Crippen LogP contribution in [0.3, 0.4) is 0 Å². The van der Waals surface area contributed by atoms with E-state index in [9.17, 15) is 8.42 Å². The van der Waals surface area contributed by atoms with E-state index >= 15 is 0 Å². The van der Waals surface area contributed by atoms with Gasteiger partial charge in [0.05, 0.1) is 39.9 Å². The van der Waals surface area contributed by atoms with Crippen LogP contribution in [0.25, 0.3) is 0 Å². The molecule has 0 N–H and O–H groups in total. The molecule has 0 amide bonds. The number of hydrogen-bond donors (Lipinski definition) is 0. The van der Waals surface area contributed by atoms with Crippen LogP contribution < -0.4 is 9.47 Å². The predicted molar refractivity (Wildman–Crippen MR) is 121 cm³/mol. The van der Waals surface area contributed by atoms with Gasteiger partial charge < -0.3 is 9.47 Å². The van der Waals surface area contributed by atoms with Crippen molar-refractivity contribution in [2.24, 2.45) is 0 Å². The van der Waals surface area contributed by atoms with Crippen LogP contribution in [0.4, 0.5) is 0 Å². The summed E-state index contributed by atoms with van der Waals surface area (Å²) >= 11 is 13.6. The minimum Gasteiger partial charge on any atom is -0.489 e. The average molecular weight is 650 g/mol. The van der Waals surface area contributed by atoms with Crippen molar-refractivity contribution in [2.45, 2.75) is 49.7 Å². The Balaban J connectivity index is 2.53. The van der Waals surface area contributed by atoms with E-state index in [2.05, 4.69) is 63.7 Å². The first-order valence-corrected chi connectivity index (χ1v) is 12.7. The van der Waals surface area contributed by atoms with Gasteiger partial charge in [-0.1, -0.05) is 0 Å². The van der Waals surface area contributed by atoms with E-state index in [1.54, 1.807) is 0 Å². The Hall–Kier alpha value is -0.0900. The van der Waals surface area contributed by atoms with Gasteiger partial charge in [0.15, 0.2) is 0 Å². The molecule has 0 aliphatic carbocycles. The number of ether oxygens (including phenoxy) is 2. The van der Waals surface area contributed by atoms with Crippen molar-refractivity contribution in [1.29, 1.82) is 0 Å². The SMILES string of the molecule is CC(C)Oc1c(Br)cc(S(=O)(=O)c2cc(Br)c(OC(C)C)c(Br)c2)cc1Br. The van der Waals surface area contributed by atoms with Gasteiger partial charge in [0.2, 0.25) is 9.84 Å². The Bertz CT molecular complexity index is 838. The van der Waals surface area contributed by atoms with Crippen molar-refractivity contribution in [1.82, 2.24) is 0 Å². The first kappa shape index (κ1) is 23.2. The van der Waals surface area contributed by atoms with E-state index in [0.29, 0.717) is 29.4 Å². The molecule has 0 aliphatic rings. The molecule has 2 aromatic carbocycles. The Morgan fingerprint density at radius 2 is 0.926 bits per heavy atom. The van der Waals surface area contributed by atoms with Crippen LogP contribution in [0.5, 0.6) is 11.5 Å². The fraction of sp³-hybridized carbons (Fsp3) is 0.333. The highest BCUT2D eigenvalue weighted by molar-refractivity contribution is 9.11. The molecule has 2 aromatic rings. The lowest BCUT2D eigenvalue weighted by Gasteiger charge is -2.16. The van der Waals surface area contributed by atoms with E-state index < -0.39 is 9.84 Å². The minimum atomic E-state index is -3.75. The van der Waals surface area contributed by atoms with Gasteiger partial charge in [0.25, 0.3) is 0 Å². The number of benzene rings is 2. The highest BCUT2D eigenvalue weighted by atomic mass is 79.9. The molecule has 0 saturated heterocycles. The summed E-state index contributed by atoms with van der Waals surface area (Å²) in [6, 6.07) is 6.16. The van der Waals surface area contributed by atoms with Crippen molar-refractivity contribution in [3.8, 4) is 11.5 Å². The summed E-state index contributed by atoms with van der Waals surface area (Å²) in [6.07, 6.45) is -0.0825. The summed E-state index contributed by atoms with van der Waals surface area (Å²) in [5.41, 5.74) is 0. The van der Waals surface area contributed by atoms with Gasteiger partial charge in [0, 0.05) is 0 Å². The van der Waals surface area contributed by atoms with Crippen LogP contribution in [-0.2, 0) is 9.84 Å². The number of hydrogen-bond acceptors (Lipinski definition) is 4. The predicted octanol–water partition coefficient (Wildman–Crippen LogP) is 7.14. The van der Waals surface area contributed by atoms with Gasteiger partial charge in [-0.15, -0.1) is 0 Å². The first-order valence-electron chi connectivity index (χ1n) is 8.00. The molecule has 2 rings (SSSR count). The Kier molecular flexibility index (Phi) is 7.86. The zero-order valence-electron chi connectivity index (χ0n) is 15.0. The topological polar surface area (TPSA) is 52.6 Å². The molecule has 0 aliphatic heterocycles. The number of sulfone groups is 1. The zero-order chi connectivity index (χ0) is 20.5.